The number of imidazole rings is 1. The van der Waals surface area contributed by atoms with Crippen molar-refractivity contribution in [3.05, 3.63) is 22.7 Å². The molecule has 0 radical (unpaired) electrons. The van der Waals surface area contributed by atoms with E-state index in [2.05, 4.69) is 31.5 Å². The summed E-state index contributed by atoms with van der Waals surface area (Å²) in [7, 11) is 0. The molecule has 14 heavy (non-hydrogen) atoms. The molecule has 1 aliphatic heterocycles. The van der Waals surface area contributed by atoms with Gasteiger partial charge in [0, 0.05) is 11.0 Å². The Morgan fingerprint density at radius 1 is 1.43 bits per heavy atom. The number of aromatic nitrogens is 2. The van der Waals surface area contributed by atoms with Gasteiger partial charge in [-0.1, -0.05) is 15.9 Å². The molecule has 0 aliphatic carbocycles. The van der Waals surface area contributed by atoms with Crippen molar-refractivity contribution in [1.82, 2.24) is 9.55 Å². The molecule has 4 heteroatoms. The fraction of sp³-hybridized carbons (Fsp3) is 0.300. The normalized spacial score (nSPS) is 15.2. The van der Waals surface area contributed by atoms with E-state index in [-0.39, 0.29) is 0 Å². The molecule has 0 unspecified atom stereocenters. The molecule has 0 bridgehead atoms. The van der Waals surface area contributed by atoms with Crippen molar-refractivity contribution in [3.8, 4) is 6.01 Å². The van der Waals surface area contributed by atoms with Crippen molar-refractivity contribution in [2.75, 3.05) is 6.61 Å². The maximum absolute atomic E-state index is 5.48. The fourth-order valence-electron chi connectivity index (χ4n) is 1.79. The topological polar surface area (TPSA) is 27.1 Å². The van der Waals surface area contributed by atoms with E-state index in [0.717, 1.165) is 41.1 Å². The lowest BCUT2D eigenvalue weighted by molar-refractivity contribution is 0.234. The van der Waals surface area contributed by atoms with E-state index in [9.17, 15) is 0 Å². The van der Waals surface area contributed by atoms with Gasteiger partial charge in [0.1, 0.15) is 0 Å². The number of halogens is 1. The largest absolute Gasteiger partial charge is 0.465 e. The molecule has 0 amide bonds. The second-order valence-electron chi connectivity index (χ2n) is 3.38. The minimum Gasteiger partial charge on any atom is -0.465 e. The molecule has 0 fully saturated rings. The first-order chi connectivity index (χ1) is 6.84. The van der Waals surface area contributed by atoms with Crippen LogP contribution in [-0.2, 0) is 6.54 Å². The van der Waals surface area contributed by atoms with Gasteiger partial charge in [-0.15, -0.1) is 0 Å². The van der Waals surface area contributed by atoms with E-state index in [1.807, 2.05) is 12.1 Å². The third-order valence-corrected chi connectivity index (χ3v) is 2.93. The zero-order valence-electron chi connectivity index (χ0n) is 7.53. The Morgan fingerprint density at radius 3 is 3.29 bits per heavy atom. The summed E-state index contributed by atoms with van der Waals surface area (Å²) in [5.74, 6) is 0. The molecule has 1 aromatic carbocycles. The first kappa shape index (κ1) is 8.29. The molecule has 0 atom stereocenters. The summed E-state index contributed by atoms with van der Waals surface area (Å²) in [6, 6.07) is 6.85. The summed E-state index contributed by atoms with van der Waals surface area (Å²) in [6.07, 6.45) is 1.06. The zero-order valence-corrected chi connectivity index (χ0v) is 9.12. The van der Waals surface area contributed by atoms with Crippen molar-refractivity contribution >= 4 is 27.0 Å². The minimum absolute atomic E-state index is 0.754. The standard InChI is InChI=1S/C10H9BrN2O/c11-7-2-3-8-9(6-7)13-4-1-5-14-10(13)12-8/h2-3,6H,1,4-5H2. The van der Waals surface area contributed by atoms with Gasteiger partial charge in [-0.3, -0.25) is 4.57 Å². The second kappa shape index (κ2) is 2.98. The van der Waals surface area contributed by atoms with Gasteiger partial charge in [0.25, 0.3) is 6.01 Å². The number of nitrogens with zero attached hydrogens (tertiary/aromatic N) is 2. The Labute approximate surface area is 89.8 Å². The lowest BCUT2D eigenvalue weighted by Gasteiger charge is -2.14. The molecule has 2 heterocycles. The highest BCUT2D eigenvalue weighted by Gasteiger charge is 2.15. The lowest BCUT2D eigenvalue weighted by atomic mass is 10.3. The van der Waals surface area contributed by atoms with Gasteiger partial charge in [-0.2, -0.15) is 4.98 Å². The number of aryl methyl sites for hydroxylation is 1. The molecular formula is C10H9BrN2O. The zero-order chi connectivity index (χ0) is 9.54. The van der Waals surface area contributed by atoms with Crippen LogP contribution in [0, 0.1) is 0 Å². The summed E-state index contributed by atoms with van der Waals surface area (Å²) in [6.45, 7) is 1.78. The Bertz CT molecular complexity index is 492. The quantitative estimate of drug-likeness (QED) is 0.721. The molecule has 3 rings (SSSR count). The molecular weight excluding hydrogens is 244 g/mol. The predicted octanol–water partition coefficient (Wildman–Crippen LogP) is 2.58. The van der Waals surface area contributed by atoms with Gasteiger partial charge >= 0.3 is 0 Å². The highest BCUT2D eigenvalue weighted by molar-refractivity contribution is 9.10. The third kappa shape index (κ3) is 1.14. The molecule has 1 aliphatic rings. The van der Waals surface area contributed by atoms with Gasteiger partial charge in [0.05, 0.1) is 17.6 Å². The molecule has 3 nitrogen and oxygen atoms in total. The van der Waals surface area contributed by atoms with E-state index in [1.165, 1.54) is 0 Å². The maximum Gasteiger partial charge on any atom is 0.297 e. The number of hydrogen-bond acceptors (Lipinski definition) is 2. The van der Waals surface area contributed by atoms with Crippen molar-refractivity contribution in [1.29, 1.82) is 0 Å². The summed E-state index contributed by atoms with van der Waals surface area (Å²) in [5, 5.41) is 0. The summed E-state index contributed by atoms with van der Waals surface area (Å²) >= 11 is 3.46. The average Bonchev–Trinajstić information content (AvgIpc) is 2.56. The average molecular weight is 253 g/mol. The number of hydrogen-bond donors (Lipinski definition) is 0. The SMILES string of the molecule is Brc1ccc2nc3n(c2c1)CCCO3. The first-order valence-corrected chi connectivity index (χ1v) is 5.42. The van der Waals surface area contributed by atoms with Crippen LogP contribution in [0.5, 0.6) is 6.01 Å². The molecule has 1 aromatic heterocycles. The molecule has 0 spiro atoms. The van der Waals surface area contributed by atoms with Crippen LogP contribution in [0.15, 0.2) is 22.7 Å². The van der Waals surface area contributed by atoms with Gasteiger partial charge in [0.15, 0.2) is 0 Å². The minimum atomic E-state index is 0.754. The fourth-order valence-corrected chi connectivity index (χ4v) is 2.14. The second-order valence-corrected chi connectivity index (χ2v) is 4.30. The predicted molar refractivity (Wildman–Crippen MR) is 57.5 cm³/mol. The number of benzene rings is 1. The summed E-state index contributed by atoms with van der Waals surface area (Å²) in [5.41, 5.74) is 2.15. The molecule has 72 valence electrons. The van der Waals surface area contributed by atoms with E-state index in [4.69, 9.17) is 4.74 Å². The molecule has 0 N–H and O–H groups in total. The van der Waals surface area contributed by atoms with E-state index >= 15 is 0 Å². The van der Waals surface area contributed by atoms with Crippen LogP contribution in [0.4, 0.5) is 0 Å². The van der Waals surface area contributed by atoms with Crippen LogP contribution in [0.25, 0.3) is 11.0 Å². The summed E-state index contributed by atoms with van der Waals surface area (Å²) < 4.78 is 8.70. The molecule has 2 aromatic rings. The van der Waals surface area contributed by atoms with Crippen LogP contribution >= 0.6 is 15.9 Å². The number of fused-ring (bicyclic) bond motifs is 3. The van der Waals surface area contributed by atoms with Gasteiger partial charge < -0.3 is 4.74 Å². The van der Waals surface area contributed by atoms with Gasteiger partial charge in [-0.05, 0) is 24.6 Å². The monoisotopic (exact) mass is 252 g/mol. The van der Waals surface area contributed by atoms with E-state index in [1.54, 1.807) is 0 Å². The molecule has 0 saturated carbocycles. The molecule has 0 saturated heterocycles. The smallest absolute Gasteiger partial charge is 0.297 e. The Morgan fingerprint density at radius 2 is 2.36 bits per heavy atom. The van der Waals surface area contributed by atoms with Crippen LogP contribution in [0.3, 0.4) is 0 Å². The Hall–Kier alpha value is -1.03. The van der Waals surface area contributed by atoms with Crippen molar-refractivity contribution in [2.24, 2.45) is 0 Å². The van der Waals surface area contributed by atoms with Gasteiger partial charge in [-0.25, -0.2) is 0 Å². The van der Waals surface area contributed by atoms with E-state index in [0.29, 0.717) is 0 Å². The highest BCUT2D eigenvalue weighted by Crippen LogP contribution is 2.26. The van der Waals surface area contributed by atoms with Crippen LogP contribution < -0.4 is 4.74 Å². The van der Waals surface area contributed by atoms with Crippen molar-refractivity contribution in [3.63, 3.8) is 0 Å². The summed E-state index contributed by atoms with van der Waals surface area (Å²) in [4.78, 5) is 4.41. The third-order valence-electron chi connectivity index (χ3n) is 2.43. The van der Waals surface area contributed by atoms with Crippen molar-refractivity contribution < 1.29 is 4.74 Å². The Kier molecular flexibility index (Phi) is 1.77. The Balaban J connectivity index is 2.32. The highest BCUT2D eigenvalue weighted by atomic mass is 79.9. The van der Waals surface area contributed by atoms with Crippen molar-refractivity contribution in [2.45, 2.75) is 13.0 Å². The number of ether oxygens (including phenoxy) is 1. The van der Waals surface area contributed by atoms with Crippen LogP contribution in [-0.4, -0.2) is 16.2 Å². The van der Waals surface area contributed by atoms with Crippen LogP contribution in [0.1, 0.15) is 6.42 Å². The lowest BCUT2D eigenvalue weighted by Crippen LogP contribution is -2.13. The van der Waals surface area contributed by atoms with Gasteiger partial charge in [0.2, 0.25) is 0 Å². The van der Waals surface area contributed by atoms with E-state index < -0.39 is 0 Å². The maximum atomic E-state index is 5.48. The number of rotatable bonds is 0. The van der Waals surface area contributed by atoms with Crippen LogP contribution in [0.2, 0.25) is 0 Å². The first-order valence-electron chi connectivity index (χ1n) is 4.63.